The van der Waals surface area contributed by atoms with Gasteiger partial charge in [0.25, 0.3) is 0 Å². The summed E-state index contributed by atoms with van der Waals surface area (Å²) in [5.41, 5.74) is 0. The first kappa shape index (κ1) is 17.4. The number of carbonyl (C=O) groups is 2. The number of carboxylic acid groups (broad SMARTS) is 1. The maximum Gasteiger partial charge on any atom is 0.370 e. The molecule has 120 valence electrons. The zero-order valence-electron chi connectivity index (χ0n) is 11.3. The standard InChI is InChI=1S/C12H19NO8/c1-5(16)13-9-6(3-14)2-8(12(19)20)21-11(9)10(18)7(17)4-15/h2,6-7,9-11,14-15,17-18H,3-4H2,1H3,(H,13,16)(H,19,20). The van der Waals surface area contributed by atoms with Crippen LogP contribution in [0.15, 0.2) is 11.8 Å². The van der Waals surface area contributed by atoms with E-state index in [1.165, 1.54) is 6.92 Å². The summed E-state index contributed by atoms with van der Waals surface area (Å²) in [5.74, 6) is -3.22. The van der Waals surface area contributed by atoms with E-state index in [-0.39, 0.29) is 0 Å². The fourth-order valence-electron chi connectivity index (χ4n) is 2.12. The average Bonchev–Trinajstić information content (AvgIpc) is 2.44. The molecule has 21 heavy (non-hydrogen) atoms. The van der Waals surface area contributed by atoms with Crippen LogP contribution < -0.4 is 5.32 Å². The van der Waals surface area contributed by atoms with Crippen molar-refractivity contribution in [2.75, 3.05) is 13.2 Å². The van der Waals surface area contributed by atoms with E-state index in [9.17, 15) is 24.9 Å². The zero-order valence-corrected chi connectivity index (χ0v) is 11.3. The molecule has 0 spiro atoms. The molecule has 9 heteroatoms. The molecule has 1 aliphatic heterocycles. The fraction of sp³-hybridized carbons (Fsp3) is 0.667. The summed E-state index contributed by atoms with van der Waals surface area (Å²) in [6, 6.07) is -0.952. The van der Waals surface area contributed by atoms with E-state index in [1.807, 2.05) is 0 Å². The molecule has 0 bridgehead atoms. The Labute approximate surface area is 120 Å². The minimum Gasteiger partial charge on any atom is -0.478 e. The van der Waals surface area contributed by atoms with Crippen LogP contribution in [0, 0.1) is 5.92 Å². The highest BCUT2D eigenvalue weighted by Gasteiger charge is 2.43. The Balaban J connectivity index is 3.12. The topological polar surface area (TPSA) is 157 Å². The van der Waals surface area contributed by atoms with Crippen molar-refractivity contribution < 1.29 is 39.9 Å². The van der Waals surface area contributed by atoms with Gasteiger partial charge >= 0.3 is 5.97 Å². The van der Waals surface area contributed by atoms with Crippen molar-refractivity contribution in [1.29, 1.82) is 0 Å². The summed E-state index contributed by atoms with van der Waals surface area (Å²) >= 11 is 0. The van der Waals surface area contributed by atoms with Crippen LogP contribution in [0.3, 0.4) is 0 Å². The Bertz CT molecular complexity index is 423. The van der Waals surface area contributed by atoms with E-state index in [0.29, 0.717) is 0 Å². The zero-order chi connectivity index (χ0) is 16.2. The number of rotatable bonds is 6. The molecule has 1 amide bonds. The number of aliphatic carboxylic acids is 1. The molecule has 1 aliphatic rings. The number of amides is 1. The number of hydrogen-bond donors (Lipinski definition) is 6. The lowest BCUT2D eigenvalue weighted by Crippen LogP contribution is -2.58. The summed E-state index contributed by atoms with van der Waals surface area (Å²) in [4.78, 5) is 22.2. The van der Waals surface area contributed by atoms with Crippen molar-refractivity contribution in [3.8, 4) is 0 Å². The maximum absolute atomic E-state index is 11.2. The normalized spacial score (nSPS) is 28.0. The number of carboxylic acids is 1. The predicted molar refractivity (Wildman–Crippen MR) is 67.9 cm³/mol. The van der Waals surface area contributed by atoms with Crippen molar-refractivity contribution in [3.05, 3.63) is 11.8 Å². The number of hydrogen-bond acceptors (Lipinski definition) is 7. The second kappa shape index (κ2) is 7.36. The van der Waals surface area contributed by atoms with Crippen LogP contribution in [0.1, 0.15) is 6.92 Å². The van der Waals surface area contributed by atoms with Crippen molar-refractivity contribution in [3.63, 3.8) is 0 Å². The number of ether oxygens (including phenoxy) is 1. The molecule has 0 aliphatic carbocycles. The predicted octanol–water partition coefficient (Wildman–Crippen LogP) is -2.82. The molecule has 0 radical (unpaired) electrons. The number of nitrogens with one attached hydrogen (secondary N) is 1. The third-order valence-electron chi connectivity index (χ3n) is 3.15. The first-order chi connectivity index (χ1) is 9.81. The molecule has 0 aromatic heterocycles. The van der Waals surface area contributed by atoms with E-state index in [4.69, 9.17) is 14.9 Å². The monoisotopic (exact) mass is 305 g/mol. The molecule has 6 N–H and O–H groups in total. The van der Waals surface area contributed by atoms with E-state index in [2.05, 4.69) is 5.32 Å². The van der Waals surface area contributed by atoms with Crippen LogP contribution in [0.25, 0.3) is 0 Å². The van der Waals surface area contributed by atoms with Gasteiger partial charge in [0.15, 0.2) is 0 Å². The van der Waals surface area contributed by atoms with Gasteiger partial charge in [-0.05, 0) is 6.08 Å². The summed E-state index contributed by atoms with van der Waals surface area (Å²) in [6.45, 7) is -0.0654. The van der Waals surface area contributed by atoms with Gasteiger partial charge in [-0.2, -0.15) is 0 Å². The number of carbonyl (C=O) groups excluding carboxylic acids is 1. The third-order valence-corrected chi connectivity index (χ3v) is 3.15. The summed E-state index contributed by atoms with van der Waals surface area (Å²) in [6.07, 6.45) is -3.44. The van der Waals surface area contributed by atoms with Gasteiger partial charge in [0.1, 0.15) is 18.3 Å². The molecule has 0 saturated carbocycles. The molecule has 0 fully saturated rings. The molecule has 0 saturated heterocycles. The first-order valence-electron chi connectivity index (χ1n) is 6.28. The molecule has 0 aromatic carbocycles. The van der Waals surface area contributed by atoms with Gasteiger partial charge in [-0.3, -0.25) is 4.79 Å². The van der Waals surface area contributed by atoms with E-state index in [0.717, 1.165) is 6.08 Å². The Hall–Kier alpha value is -1.68. The highest BCUT2D eigenvalue weighted by atomic mass is 16.5. The van der Waals surface area contributed by atoms with Crippen LogP contribution in [-0.2, 0) is 14.3 Å². The van der Waals surface area contributed by atoms with Gasteiger partial charge in [0.2, 0.25) is 11.7 Å². The molecule has 9 nitrogen and oxygen atoms in total. The minimum absolute atomic E-state index is 0.482. The molecule has 1 rings (SSSR count). The van der Waals surface area contributed by atoms with Gasteiger partial charge in [-0.1, -0.05) is 0 Å². The highest BCUT2D eigenvalue weighted by Crippen LogP contribution is 2.26. The van der Waals surface area contributed by atoms with Gasteiger partial charge in [-0.25, -0.2) is 4.79 Å². The van der Waals surface area contributed by atoms with Crippen molar-refractivity contribution in [2.24, 2.45) is 5.92 Å². The Morgan fingerprint density at radius 3 is 2.43 bits per heavy atom. The number of aliphatic hydroxyl groups excluding tert-OH is 4. The molecular formula is C12H19NO8. The lowest BCUT2D eigenvalue weighted by atomic mass is 9.87. The van der Waals surface area contributed by atoms with Crippen molar-refractivity contribution in [1.82, 2.24) is 5.32 Å². The van der Waals surface area contributed by atoms with Crippen LogP contribution in [0.2, 0.25) is 0 Å². The van der Waals surface area contributed by atoms with E-state index < -0.39 is 61.1 Å². The quantitative estimate of drug-likeness (QED) is 0.307. The van der Waals surface area contributed by atoms with Gasteiger partial charge in [0.05, 0.1) is 19.3 Å². The summed E-state index contributed by atoms with van der Waals surface area (Å²) in [7, 11) is 0. The van der Waals surface area contributed by atoms with Crippen LogP contribution >= 0.6 is 0 Å². The van der Waals surface area contributed by atoms with Crippen molar-refractivity contribution >= 4 is 11.9 Å². The van der Waals surface area contributed by atoms with E-state index in [1.54, 1.807) is 0 Å². The van der Waals surface area contributed by atoms with Gasteiger partial charge in [0, 0.05) is 12.8 Å². The van der Waals surface area contributed by atoms with Crippen molar-refractivity contribution in [2.45, 2.75) is 31.3 Å². The smallest absolute Gasteiger partial charge is 0.370 e. The molecule has 0 aromatic rings. The third kappa shape index (κ3) is 4.14. The molecule has 5 unspecified atom stereocenters. The number of aliphatic hydroxyl groups is 4. The molecule has 5 atom stereocenters. The lowest BCUT2D eigenvalue weighted by molar-refractivity contribution is -0.147. The second-order valence-electron chi connectivity index (χ2n) is 4.73. The average molecular weight is 305 g/mol. The molecular weight excluding hydrogens is 286 g/mol. The highest BCUT2D eigenvalue weighted by molar-refractivity contribution is 5.84. The van der Waals surface area contributed by atoms with E-state index >= 15 is 0 Å². The van der Waals surface area contributed by atoms with Gasteiger partial charge in [-0.15, -0.1) is 0 Å². The maximum atomic E-state index is 11.2. The minimum atomic E-state index is -1.65. The van der Waals surface area contributed by atoms with Crippen LogP contribution in [-0.4, -0.2) is 75.0 Å². The SMILES string of the molecule is CC(=O)NC1C(CO)C=C(C(=O)O)OC1C(O)C(O)CO. The summed E-state index contributed by atoms with van der Waals surface area (Å²) < 4.78 is 5.09. The molecule has 1 heterocycles. The lowest BCUT2D eigenvalue weighted by Gasteiger charge is -2.39. The Kier molecular flexibility index (Phi) is 6.09. The fourth-order valence-corrected chi connectivity index (χ4v) is 2.12. The second-order valence-corrected chi connectivity index (χ2v) is 4.73. The first-order valence-corrected chi connectivity index (χ1v) is 6.28. The van der Waals surface area contributed by atoms with Crippen LogP contribution in [0.4, 0.5) is 0 Å². The summed E-state index contributed by atoms with van der Waals surface area (Å²) in [5, 5.41) is 49.0. The van der Waals surface area contributed by atoms with Gasteiger partial charge < -0.3 is 35.6 Å². The largest absolute Gasteiger partial charge is 0.478 e. The van der Waals surface area contributed by atoms with Crippen LogP contribution in [0.5, 0.6) is 0 Å². The Morgan fingerprint density at radius 2 is 2.00 bits per heavy atom. The Morgan fingerprint density at radius 1 is 1.38 bits per heavy atom.